The van der Waals surface area contributed by atoms with E-state index >= 15 is 0 Å². The first-order chi connectivity index (χ1) is 5.77. The molecule has 66 valence electrons. The zero-order chi connectivity index (χ0) is 8.55. The molecule has 12 heavy (non-hydrogen) atoms. The van der Waals surface area contributed by atoms with E-state index in [-0.39, 0.29) is 0 Å². The molecule has 0 bridgehead atoms. The van der Waals surface area contributed by atoms with Crippen LogP contribution in [0.4, 0.5) is 0 Å². The minimum Gasteiger partial charge on any atom is -0.145 e. The fourth-order valence-corrected chi connectivity index (χ4v) is 3.22. The topological polar surface area (TPSA) is 0 Å². The Labute approximate surface area is 78.6 Å². The molecule has 2 rings (SSSR count). The fraction of sp³-hybridized carbons (Fsp3) is 0.636. The van der Waals surface area contributed by atoms with Crippen LogP contribution in [0.1, 0.15) is 46.9 Å². The third-order valence-electron chi connectivity index (χ3n) is 2.94. The maximum atomic E-state index is 2.40. The van der Waals surface area contributed by atoms with Gasteiger partial charge >= 0.3 is 0 Å². The third kappa shape index (κ3) is 1.42. The van der Waals surface area contributed by atoms with E-state index in [1.807, 2.05) is 11.3 Å². The number of hydrogen-bond donors (Lipinski definition) is 0. The second kappa shape index (κ2) is 3.21. The SMILES string of the molecule is Cc1cc(C2CCCC2)sc1C. The van der Waals surface area contributed by atoms with Gasteiger partial charge in [-0.15, -0.1) is 11.3 Å². The molecule has 0 aliphatic heterocycles. The predicted octanol–water partition coefficient (Wildman–Crippen LogP) is 4.02. The van der Waals surface area contributed by atoms with Crippen molar-refractivity contribution in [3.63, 3.8) is 0 Å². The quantitative estimate of drug-likeness (QED) is 0.612. The molecular formula is C11H16S. The van der Waals surface area contributed by atoms with E-state index in [0.29, 0.717) is 0 Å². The van der Waals surface area contributed by atoms with Crippen LogP contribution in [0.3, 0.4) is 0 Å². The van der Waals surface area contributed by atoms with Crippen molar-refractivity contribution in [3.8, 4) is 0 Å². The lowest BCUT2D eigenvalue weighted by Crippen LogP contribution is -1.85. The molecule has 1 heteroatoms. The van der Waals surface area contributed by atoms with Gasteiger partial charge in [0.25, 0.3) is 0 Å². The summed E-state index contributed by atoms with van der Waals surface area (Å²) in [5.74, 6) is 0.905. The van der Waals surface area contributed by atoms with Crippen LogP contribution in [0.15, 0.2) is 6.07 Å². The molecule has 1 aliphatic carbocycles. The van der Waals surface area contributed by atoms with E-state index in [1.165, 1.54) is 36.1 Å². The average Bonchev–Trinajstić information content (AvgIpc) is 2.61. The van der Waals surface area contributed by atoms with Crippen LogP contribution < -0.4 is 0 Å². The Morgan fingerprint density at radius 2 is 1.92 bits per heavy atom. The largest absolute Gasteiger partial charge is 0.145 e. The van der Waals surface area contributed by atoms with Gasteiger partial charge in [-0.05, 0) is 44.2 Å². The van der Waals surface area contributed by atoms with Gasteiger partial charge in [0.15, 0.2) is 0 Å². The lowest BCUT2D eigenvalue weighted by molar-refractivity contribution is 0.738. The van der Waals surface area contributed by atoms with Crippen LogP contribution in [0.2, 0.25) is 0 Å². The summed E-state index contributed by atoms with van der Waals surface area (Å²) in [6.45, 7) is 4.46. The first kappa shape index (κ1) is 8.31. The van der Waals surface area contributed by atoms with Crippen LogP contribution in [-0.4, -0.2) is 0 Å². The highest BCUT2D eigenvalue weighted by Crippen LogP contribution is 2.38. The second-order valence-electron chi connectivity index (χ2n) is 3.87. The van der Waals surface area contributed by atoms with Gasteiger partial charge < -0.3 is 0 Å². The molecule has 0 radical (unpaired) electrons. The summed E-state index contributed by atoms with van der Waals surface area (Å²) < 4.78 is 0. The van der Waals surface area contributed by atoms with Crippen molar-refractivity contribution in [2.45, 2.75) is 45.4 Å². The first-order valence-electron chi connectivity index (χ1n) is 4.84. The summed E-state index contributed by atoms with van der Waals surface area (Å²) in [6.07, 6.45) is 5.75. The molecule has 0 atom stereocenters. The molecule has 0 N–H and O–H groups in total. The molecule has 0 saturated heterocycles. The molecule has 1 aliphatic rings. The number of aryl methyl sites for hydroxylation is 2. The highest BCUT2D eigenvalue weighted by atomic mass is 32.1. The van der Waals surface area contributed by atoms with Crippen molar-refractivity contribution in [1.82, 2.24) is 0 Å². The third-order valence-corrected chi connectivity index (χ3v) is 4.26. The van der Waals surface area contributed by atoms with Gasteiger partial charge in [0.1, 0.15) is 0 Å². The molecular weight excluding hydrogens is 164 g/mol. The molecule has 1 fully saturated rings. The normalized spacial score (nSPS) is 18.8. The van der Waals surface area contributed by atoms with Crippen molar-refractivity contribution >= 4 is 11.3 Å². The summed E-state index contributed by atoms with van der Waals surface area (Å²) in [5, 5.41) is 0. The Balaban J connectivity index is 2.21. The standard InChI is InChI=1S/C11H16S/c1-8-7-11(12-9(8)2)10-5-3-4-6-10/h7,10H,3-6H2,1-2H3. The molecule has 0 nitrogen and oxygen atoms in total. The smallest absolute Gasteiger partial charge is 0.00817 e. The van der Waals surface area contributed by atoms with Gasteiger partial charge in [-0.25, -0.2) is 0 Å². The van der Waals surface area contributed by atoms with E-state index in [2.05, 4.69) is 19.9 Å². The van der Waals surface area contributed by atoms with Crippen LogP contribution in [0.5, 0.6) is 0 Å². The van der Waals surface area contributed by atoms with Gasteiger partial charge in [-0.3, -0.25) is 0 Å². The van der Waals surface area contributed by atoms with Crippen LogP contribution >= 0.6 is 11.3 Å². The molecule has 0 aromatic carbocycles. The van der Waals surface area contributed by atoms with Gasteiger partial charge in [0.05, 0.1) is 0 Å². The molecule has 0 unspecified atom stereocenters. The van der Waals surface area contributed by atoms with Crippen molar-refractivity contribution < 1.29 is 0 Å². The Kier molecular flexibility index (Phi) is 2.22. The molecule has 1 aromatic rings. The Morgan fingerprint density at radius 1 is 1.25 bits per heavy atom. The highest BCUT2D eigenvalue weighted by molar-refractivity contribution is 7.12. The molecule has 1 heterocycles. The highest BCUT2D eigenvalue weighted by Gasteiger charge is 2.18. The summed E-state index contributed by atoms with van der Waals surface area (Å²) in [6, 6.07) is 2.40. The van der Waals surface area contributed by atoms with Crippen molar-refractivity contribution in [3.05, 3.63) is 21.4 Å². The number of rotatable bonds is 1. The lowest BCUT2D eigenvalue weighted by atomic mass is 10.1. The van der Waals surface area contributed by atoms with Gasteiger partial charge in [0, 0.05) is 9.75 Å². The summed E-state index contributed by atoms with van der Waals surface area (Å²) in [5.41, 5.74) is 1.49. The van der Waals surface area contributed by atoms with Gasteiger partial charge in [-0.2, -0.15) is 0 Å². The summed E-state index contributed by atoms with van der Waals surface area (Å²) in [4.78, 5) is 3.15. The fourth-order valence-electron chi connectivity index (χ4n) is 2.01. The average molecular weight is 180 g/mol. The predicted molar refractivity (Wildman–Crippen MR) is 55.0 cm³/mol. The maximum absolute atomic E-state index is 2.40. The van der Waals surface area contributed by atoms with E-state index in [4.69, 9.17) is 0 Å². The second-order valence-corrected chi connectivity index (χ2v) is 5.16. The summed E-state index contributed by atoms with van der Waals surface area (Å²) >= 11 is 2.01. The Morgan fingerprint density at radius 3 is 2.42 bits per heavy atom. The van der Waals surface area contributed by atoms with E-state index in [1.54, 1.807) is 4.88 Å². The van der Waals surface area contributed by atoms with E-state index in [0.717, 1.165) is 5.92 Å². The molecule has 0 spiro atoms. The number of thiophene rings is 1. The maximum Gasteiger partial charge on any atom is 0.00817 e. The minimum absolute atomic E-state index is 0.905. The zero-order valence-electron chi connectivity index (χ0n) is 7.89. The number of hydrogen-bond acceptors (Lipinski definition) is 1. The summed E-state index contributed by atoms with van der Waals surface area (Å²) in [7, 11) is 0. The Bertz CT molecular complexity index is 247. The van der Waals surface area contributed by atoms with Gasteiger partial charge in [0.2, 0.25) is 0 Å². The molecule has 0 amide bonds. The minimum atomic E-state index is 0.905. The molecule has 1 aromatic heterocycles. The zero-order valence-corrected chi connectivity index (χ0v) is 8.71. The first-order valence-corrected chi connectivity index (χ1v) is 5.66. The monoisotopic (exact) mass is 180 g/mol. The van der Waals surface area contributed by atoms with Crippen LogP contribution in [0, 0.1) is 13.8 Å². The van der Waals surface area contributed by atoms with Crippen molar-refractivity contribution in [2.24, 2.45) is 0 Å². The van der Waals surface area contributed by atoms with E-state index < -0.39 is 0 Å². The van der Waals surface area contributed by atoms with Crippen molar-refractivity contribution in [2.75, 3.05) is 0 Å². The van der Waals surface area contributed by atoms with E-state index in [9.17, 15) is 0 Å². The van der Waals surface area contributed by atoms with Crippen LogP contribution in [0.25, 0.3) is 0 Å². The lowest BCUT2D eigenvalue weighted by Gasteiger charge is -2.03. The van der Waals surface area contributed by atoms with Crippen molar-refractivity contribution in [1.29, 1.82) is 0 Å². The van der Waals surface area contributed by atoms with Crippen LogP contribution in [-0.2, 0) is 0 Å². The van der Waals surface area contributed by atoms with Gasteiger partial charge in [-0.1, -0.05) is 12.8 Å². The Hall–Kier alpha value is -0.300. The molecule has 1 saturated carbocycles.